The molecule has 1 rings (SSSR count). The predicted octanol–water partition coefficient (Wildman–Crippen LogP) is 0.410. The Morgan fingerprint density at radius 3 is 2.69 bits per heavy atom. The molecule has 0 aliphatic rings. The van der Waals surface area contributed by atoms with E-state index in [1.165, 1.54) is 0 Å². The first kappa shape index (κ1) is 12.7. The quantitative estimate of drug-likeness (QED) is 0.781. The molecule has 0 spiro atoms. The molecular formula is C11H20N4O. The number of imidazole rings is 1. The highest BCUT2D eigenvalue weighted by Gasteiger charge is 2.27. The number of carbonyl (C=O) groups excluding carboxylic acids is 1. The molecule has 5 heteroatoms. The van der Waals surface area contributed by atoms with Crippen LogP contribution < -0.4 is 11.1 Å². The first-order valence-corrected chi connectivity index (χ1v) is 5.32. The van der Waals surface area contributed by atoms with Crippen LogP contribution in [0.5, 0.6) is 0 Å². The molecule has 0 aliphatic heterocycles. The highest BCUT2D eigenvalue weighted by atomic mass is 16.2. The SMILES string of the molecule is Cn1ccnc1CNC(=O)[C@H](N)C(C)(C)C. The molecule has 0 bridgehead atoms. The molecule has 0 aliphatic carbocycles. The van der Waals surface area contributed by atoms with Crippen LogP contribution in [0.3, 0.4) is 0 Å². The lowest BCUT2D eigenvalue weighted by Crippen LogP contribution is -2.48. The molecule has 0 saturated carbocycles. The van der Waals surface area contributed by atoms with Crippen molar-refractivity contribution in [3.63, 3.8) is 0 Å². The van der Waals surface area contributed by atoms with Crippen molar-refractivity contribution < 1.29 is 4.79 Å². The summed E-state index contributed by atoms with van der Waals surface area (Å²) in [6.45, 7) is 6.24. The Morgan fingerprint density at radius 1 is 1.62 bits per heavy atom. The smallest absolute Gasteiger partial charge is 0.237 e. The molecule has 0 fully saturated rings. The largest absolute Gasteiger partial charge is 0.348 e. The normalized spacial score (nSPS) is 13.6. The van der Waals surface area contributed by atoms with Crippen LogP contribution in [0.25, 0.3) is 0 Å². The molecule has 1 atom stereocenters. The van der Waals surface area contributed by atoms with Crippen LogP contribution in [0.15, 0.2) is 12.4 Å². The molecule has 1 aromatic heterocycles. The first-order valence-electron chi connectivity index (χ1n) is 5.32. The summed E-state index contributed by atoms with van der Waals surface area (Å²) in [5.74, 6) is 0.671. The third kappa shape index (κ3) is 3.06. The maximum Gasteiger partial charge on any atom is 0.237 e. The Labute approximate surface area is 96.0 Å². The van der Waals surface area contributed by atoms with Gasteiger partial charge in [-0.2, -0.15) is 0 Å². The highest BCUT2D eigenvalue weighted by Crippen LogP contribution is 2.17. The number of aromatic nitrogens is 2. The molecule has 5 nitrogen and oxygen atoms in total. The van der Waals surface area contributed by atoms with Crippen LogP contribution in [-0.4, -0.2) is 21.5 Å². The second kappa shape index (κ2) is 4.65. The summed E-state index contributed by atoms with van der Waals surface area (Å²) in [6.07, 6.45) is 3.54. The van der Waals surface area contributed by atoms with Crippen molar-refractivity contribution in [3.05, 3.63) is 18.2 Å². The van der Waals surface area contributed by atoms with Crippen molar-refractivity contribution in [3.8, 4) is 0 Å². The Bertz CT molecular complexity index is 364. The van der Waals surface area contributed by atoms with Gasteiger partial charge < -0.3 is 15.6 Å². The average Bonchev–Trinajstić information content (AvgIpc) is 2.58. The number of hydrogen-bond acceptors (Lipinski definition) is 3. The Balaban J connectivity index is 2.51. The number of aryl methyl sites for hydroxylation is 1. The topological polar surface area (TPSA) is 72.9 Å². The van der Waals surface area contributed by atoms with E-state index in [0.717, 1.165) is 5.82 Å². The van der Waals surface area contributed by atoms with Crippen molar-refractivity contribution in [2.75, 3.05) is 0 Å². The van der Waals surface area contributed by atoms with E-state index in [-0.39, 0.29) is 11.3 Å². The van der Waals surface area contributed by atoms with Crippen LogP contribution in [0.4, 0.5) is 0 Å². The molecule has 0 saturated heterocycles. The van der Waals surface area contributed by atoms with E-state index in [0.29, 0.717) is 6.54 Å². The number of amides is 1. The maximum atomic E-state index is 11.7. The molecule has 16 heavy (non-hydrogen) atoms. The van der Waals surface area contributed by atoms with Gasteiger partial charge in [0.1, 0.15) is 5.82 Å². The molecule has 1 heterocycles. The van der Waals surface area contributed by atoms with Crippen molar-refractivity contribution in [2.24, 2.45) is 18.2 Å². The standard InChI is InChI=1S/C11H20N4O/c1-11(2,3)9(12)10(16)14-7-8-13-5-6-15(8)4/h5-6,9H,7,12H2,1-4H3,(H,14,16)/t9-/m0/s1. The molecular weight excluding hydrogens is 204 g/mol. The van der Waals surface area contributed by atoms with Gasteiger partial charge in [0.25, 0.3) is 0 Å². The lowest BCUT2D eigenvalue weighted by Gasteiger charge is -2.25. The van der Waals surface area contributed by atoms with Crippen LogP contribution in [0.1, 0.15) is 26.6 Å². The van der Waals surface area contributed by atoms with E-state index in [1.807, 2.05) is 38.6 Å². The summed E-state index contributed by atoms with van der Waals surface area (Å²) in [5.41, 5.74) is 5.60. The average molecular weight is 224 g/mol. The number of nitrogens with zero attached hydrogens (tertiary/aromatic N) is 2. The summed E-state index contributed by atoms with van der Waals surface area (Å²) in [4.78, 5) is 15.8. The zero-order valence-corrected chi connectivity index (χ0v) is 10.3. The summed E-state index contributed by atoms with van der Waals surface area (Å²) < 4.78 is 1.86. The van der Waals surface area contributed by atoms with Crippen molar-refractivity contribution in [1.29, 1.82) is 0 Å². The molecule has 3 N–H and O–H groups in total. The molecule has 0 radical (unpaired) electrons. The fraction of sp³-hybridized carbons (Fsp3) is 0.636. The number of carbonyl (C=O) groups is 1. The zero-order chi connectivity index (χ0) is 12.3. The van der Waals surface area contributed by atoms with E-state index in [1.54, 1.807) is 6.20 Å². The van der Waals surface area contributed by atoms with Gasteiger partial charge in [-0.25, -0.2) is 4.98 Å². The van der Waals surface area contributed by atoms with Gasteiger partial charge in [0, 0.05) is 19.4 Å². The Kier molecular flexibility index (Phi) is 3.70. The Morgan fingerprint density at radius 2 is 2.25 bits per heavy atom. The Hall–Kier alpha value is -1.36. The van der Waals surface area contributed by atoms with Crippen molar-refractivity contribution >= 4 is 5.91 Å². The van der Waals surface area contributed by atoms with Crippen molar-refractivity contribution in [1.82, 2.24) is 14.9 Å². The monoisotopic (exact) mass is 224 g/mol. The van der Waals surface area contributed by atoms with E-state index < -0.39 is 6.04 Å². The minimum Gasteiger partial charge on any atom is -0.348 e. The minimum absolute atomic E-state index is 0.143. The van der Waals surface area contributed by atoms with Crippen LogP contribution in [0.2, 0.25) is 0 Å². The minimum atomic E-state index is -0.507. The third-order valence-electron chi connectivity index (χ3n) is 2.56. The number of nitrogens with two attached hydrogens (primary N) is 1. The zero-order valence-electron chi connectivity index (χ0n) is 10.3. The van der Waals surface area contributed by atoms with E-state index in [9.17, 15) is 4.79 Å². The second-order valence-corrected chi connectivity index (χ2v) is 5.02. The molecule has 90 valence electrons. The van der Waals surface area contributed by atoms with Gasteiger partial charge in [0.2, 0.25) is 5.91 Å². The third-order valence-corrected chi connectivity index (χ3v) is 2.56. The highest BCUT2D eigenvalue weighted by molar-refractivity contribution is 5.82. The van der Waals surface area contributed by atoms with Gasteiger partial charge in [-0.3, -0.25) is 4.79 Å². The number of hydrogen-bond donors (Lipinski definition) is 2. The van der Waals surface area contributed by atoms with Crippen molar-refractivity contribution in [2.45, 2.75) is 33.4 Å². The summed E-state index contributed by atoms with van der Waals surface area (Å²) in [5, 5.41) is 2.78. The van der Waals surface area contributed by atoms with E-state index in [2.05, 4.69) is 10.3 Å². The van der Waals surface area contributed by atoms with Crippen LogP contribution in [-0.2, 0) is 18.4 Å². The molecule has 1 amide bonds. The number of rotatable bonds is 3. The van der Waals surface area contributed by atoms with Gasteiger partial charge in [-0.05, 0) is 5.41 Å². The maximum absolute atomic E-state index is 11.7. The fourth-order valence-electron chi connectivity index (χ4n) is 1.24. The lowest BCUT2D eigenvalue weighted by atomic mass is 9.87. The molecule has 0 aromatic carbocycles. The van der Waals surface area contributed by atoms with Gasteiger partial charge in [0.15, 0.2) is 0 Å². The van der Waals surface area contributed by atoms with Gasteiger partial charge in [0.05, 0.1) is 12.6 Å². The molecule has 0 unspecified atom stereocenters. The predicted molar refractivity (Wildman–Crippen MR) is 62.5 cm³/mol. The van der Waals surface area contributed by atoms with Gasteiger partial charge >= 0.3 is 0 Å². The van der Waals surface area contributed by atoms with E-state index >= 15 is 0 Å². The van der Waals surface area contributed by atoms with E-state index in [4.69, 9.17) is 5.73 Å². The van der Waals surface area contributed by atoms with Crippen LogP contribution >= 0.6 is 0 Å². The summed E-state index contributed by atoms with van der Waals surface area (Å²) in [6, 6.07) is -0.507. The first-order chi connectivity index (χ1) is 7.32. The lowest BCUT2D eigenvalue weighted by molar-refractivity contribution is -0.124. The van der Waals surface area contributed by atoms with Crippen LogP contribution in [0, 0.1) is 5.41 Å². The number of nitrogens with one attached hydrogen (secondary N) is 1. The summed E-state index contributed by atoms with van der Waals surface area (Å²) in [7, 11) is 1.89. The van der Waals surface area contributed by atoms with Gasteiger partial charge in [-0.15, -0.1) is 0 Å². The molecule has 1 aromatic rings. The fourth-order valence-corrected chi connectivity index (χ4v) is 1.24. The van der Waals surface area contributed by atoms with Gasteiger partial charge in [-0.1, -0.05) is 20.8 Å². The second-order valence-electron chi connectivity index (χ2n) is 5.02. The summed E-state index contributed by atoms with van der Waals surface area (Å²) >= 11 is 0.